The summed E-state index contributed by atoms with van der Waals surface area (Å²) in [6, 6.07) is 15.5. The average molecular weight is 482 g/mol. The van der Waals surface area contributed by atoms with Crippen molar-refractivity contribution in [2.75, 3.05) is 20.6 Å². The van der Waals surface area contributed by atoms with E-state index in [0.29, 0.717) is 29.2 Å². The third-order valence-corrected chi connectivity index (χ3v) is 6.08. The molecule has 4 rings (SSSR count). The van der Waals surface area contributed by atoms with Gasteiger partial charge in [0.05, 0.1) is 16.6 Å². The Hall–Kier alpha value is -3.32. The van der Waals surface area contributed by atoms with Crippen molar-refractivity contribution < 1.29 is 17.9 Å². The van der Waals surface area contributed by atoms with Crippen molar-refractivity contribution in [1.29, 1.82) is 0 Å². The summed E-state index contributed by atoms with van der Waals surface area (Å²) in [7, 11) is 3.93. The number of benzene rings is 3. The molecule has 7 heteroatoms. The normalized spacial score (nSPS) is 12.9. The zero-order chi connectivity index (χ0) is 25.3. The van der Waals surface area contributed by atoms with Gasteiger partial charge in [-0.2, -0.15) is 13.2 Å². The molecule has 35 heavy (non-hydrogen) atoms. The predicted molar refractivity (Wildman–Crippen MR) is 134 cm³/mol. The SMILES string of the molecule is Cc1ccc(-c2nc3c(Cc4ccccc4C(F)(F)F)cc(OC(C)CN(C)C)cc3[nH]2)cc1C. The van der Waals surface area contributed by atoms with Crippen molar-refractivity contribution in [1.82, 2.24) is 14.9 Å². The Kier molecular flexibility index (Phi) is 6.90. The van der Waals surface area contributed by atoms with Crippen LogP contribution in [0.5, 0.6) is 5.75 Å². The van der Waals surface area contributed by atoms with E-state index in [1.165, 1.54) is 17.7 Å². The standard InChI is InChI=1S/C28H30F3N3O/c1-17-10-11-21(12-18(17)2)27-32-25-15-23(35-19(3)16-34(4)5)14-22(26(25)33-27)13-20-8-6-7-9-24(20)28(29,30)31/h6-12,14-15,19H,13,16H2,1-5H3,(H,32,33). The maximum absolute atomic E-state index is 13.7. The molecule has 0 fully saturated rings. The van der Waals surface area contributed by atoms with E-state index < -0.39 is 11.7 Å². The van der Waals surface area contributed by atoms with Crippen LogP contribution in [0.15, 0.2) is 54.6 Å². The first-order valence-electron chi connectivity index (χ1n) is 11.6. The van der Waals surface area contributed by atoms with E-state index in [0.717, 1.165) is 22.7 Å². The Labute approximate surface area is 203 Å². The highest BCUT2D eigenvalue weighted by Crippen LogP contribution is 2.35. The van der Waals surface area contributed by atoms with Gasteiger partial charge in [0.15, 0.2) is 0 Å². The number of ether oxygens (including phenoxy) is 1. The average Bonchev–Trinajstić information content (AvgIpc) is 3.19. The maximum atomic E-state index is 13.7. The number of rotatable bonds is 7. The molecule has 0 aliphatic heterocycles. The van der Waals surface area contributed by atoms with Crippen molar-refractivity contribution in [2.24, 2.45) is 0 Å². The third-order valence-electron chi connectivity index (χ3n) is 6.08. The molecule has 0 bridgehead atoms. The molecule has 3 aromatic carbocycles. The zero-order valence-corrected chi connectivity index (χ0v) is 20.6. The quantitative estimate of drug-likeness (QED) is 0.316. The van der Waals surface area contributed by atoms with E-state index in [-0.39, 0.29) is 18.1 Å². The van der Waals surface area contributed by atoms with Crippen molar-refractivity contribution in [2.45, 2.75) is 39.5 Å². The van der Waals surface area contributed by atoms with Gasteiger partial charge in [-0.3, -0.25) is 0 Å². The molecule has 0 saturated carbocycles. The van der Waals surface area contributed by atoms with E-state index in [9.17, 15) is 13.2 Å². The number of aromatic nitrogens is 2. The van der Waals surface area contributed by atoms with E-state index in [4.69, 9.17) is 9.72 Å². The predicted octanol–water partition coefficient (Wildman–Crippen LogP) is 6.79. The minimum Gasteiger partial charge on any atom is -0.489 e. The lowest BCUT2D eigenvalue weighted by molar-refractivity contribution is -0.138. The van der Waals surface area contributed by atoms with Gasteiger partial charge >= 0.3 is 6.18 Å². The molecule has 0 spiro atoms. The summed E-state index contributed by atoms with van der Waals surface area (Å²) < 4.78 is 47.2. The van der Waals surface area contributed by atoms with Crippen molar-refractivity contribution in [3.05, 3.63) is 82.4 Å². The smallest absolute Gasteiger partial charge is 0.416 e. The summed E-state index contributed by atoms with van der Waals surface area (Å²) in [5, 5.41) is 0. The highest BCUT2D eigenvalue weighted by Gasteiger charge is 2.33. The minimum absolute atomic E-state index is 0.0860. The van der Waals surface area contributed by atoms with Crippen molar-refractivity contribution in [3.63, 3.8) is 0 Å². The third kappa shape index (κ3) is 5.68. The van der Waals surface area contributed by atoms with Crippen LogP contribution in [0.1, 0.15) is 34.7 Å². The van der Waals surface area contributed by atoms with Gasteiger partial charge in [-0.25, -0.2) is 4.98 Å². The number of aryl methyl sites for hydroxylation is 2. The van der Waals surface area contributed by atoms with Gasteiger partial charge in [0, 0.05) is 24.6 Å². The van der Waals surface area contributed by atoms with Gasteiger partial charge in [-0.1, -0.05) is 30.3 Å². The molecule has 1 atom stereocenters. The summed E-state index contributed by atoms with van der Waals surface area (Å²) in [6.45, 7) is 6.77. The molecule has 184 valence electrons. The van der Waals surface area contributed by atoms with Crippen LogP contribution in [0.3, 0.4) is 0 Å². The first kappa shape index (κ1) is 24.8. The number of hydrogen-bond donors (Lipinski definition) is 1. The van der Waals surface area contributed by atoms with Crippen LogP contribution in [-0.4, -0.2) is 41.6 Å². The van der Waals surface area contributed by atoms with Gasteiger partial charge < -0.3 is 14.6 Å². The number of halogens is 3. The number of nitrogens with one attached hydrogen (secondary N) is 1. The molecule has 0 radical (unpaired) electrons. The fourth-order valence-corrected chi connectivity index (χ4v) is 4.33. The lowest BCUT2D eigenvalue weighted by Gasteiger charge is -2.19. The van der Waals surface area contributed by atoms with Crippen LogP contribution in [0.25, 0.3) is 22.4 Å². The first-order valence-corrected chi connectivity index (χ1v) is 11.6. The summed E-state index contributed by atoms with van der Waals surface area (Å²) in [5.41, 5.74) is 4.87. The highest BCUT2D eigenvalue weighted by atomic mass is 19.4. The fourth-order valence-electron chi connectivity index (χ4n) is 4.33. The minimum atomic E-state index is -4.43. The Bertz CT molecular complexity index is 1340. The summed E-state index contributed by atoms with van der Waals surface area (Å²) >= 11 is 0. The Morgan fingerprint density at radius 1 is 0.971 bits per heavy atom. The van der Waals surface area contributed by atoms with Gasteiger partial charge in [-0.05, 0) is 75.3 Å². The summed E-state index contributed by atoms with van der Waals surface area (Å²) in [5.74, 6) is 1.27. The number of hydrogen-bond acceptors (Lipinski definition) is 3. The van der Waals surface area contributed by atoms with Crippen LogP contribution >= 0.6 is 0 Å². The molecule has 1 heterocycles. The molecule has 0 aliphatic carbocycles. The number of alkyl halides is 3. The highest BCUT2D eigenvalue weighted by molar-refractivity contribution is 5.84. The van der Waals surface area contributed by atoms with Gasteiger partial charge in [0.2, 0.25) is 0 Å². The van der Waals surface area contributed by atoms with Crippen molar-refractivity contribution in [3.8, 4) is 17.1 Å². The van der Waals surface area contributed by atoms with Gasteiger partial charge in [-0.15, -0.1) is 0 Å². The molecule has 0 saturated heterocycles. The number of H-pyrrole nitrogens is 1. The molecule has 4 nitrogen and oxygen atoms in total. The Morgan fingerprint density at radius 3 is 2.40 bits per heavy atom. The first-order chi connectivity index (χ1) is 16.5. The number of likely N-dealkylation sites (N-methyl/N-ethyl adjacent to an activating group) is 1. The number of fused-ring (bicyclic) bond motifs is 1. The lowest BCUT2D eigenvalue weighted by Crippen LogP contribution is -2.28. The molecule has 4 aromatic rings. The van der Waals surface area contributed by atoms with Crippen LogP contribution in [0.4, 0.5) is 13.2 Å². The van der Waals surface area contributed by atoms with Crippen LogP contribution < -0.4 is 4.74 Å². The number of nitrogens with zero attached hydrogens (tertiary/aromatic N) is 2. The molecule has 0 aliphatic rings. The maximum Gasteiger partial charge on any atom is 0.416 e. The fraction of sp³-hybridized carbons (Fsp3) is 0.321. The molecule has 1 aromatic heterocycles. The van der Waals surface area contributed by atoms with Crippen LogP contribution in [-0.2, 0) is 12.6 Å². The monoisotopic (exact) mass is 481 g/mol. The lowest BCUT2D eigenvalue weighted by atomic mass is 9.98. The zero-order valence-electron chi connectivity index (χ0n) is 20.6. The molecule has 0 amide bonds. The molecule has 1 N–H and O–H groups in total. The van der Waals surface area contributed by atoms with E-state index in [1.54, 1.807) is 6.07 Å². The Morgan fingerprint density at radius 2 is 1.71 bits per heavy atom. The van der Waals surface area contributed by atoms with E-state index in [2.05, 4.69) is 11.1 Å². The summed E-state index contributed by atoms with van der Waals surface area (Å²) in [4.78, 5) is 10.2. The summed E-state index contributed by atoms with van der Waals surface area (Å²) in [6.07, 6.45) is -4.44. The van der Waals surface area contributed by atoms with Gasteiger partial charge in [0.1, 0.15) is 17.7 Å². The topological polar surface area (TPSA) is 41.1 Å². The van der Waals surface area contributed by atoms with Gasteiger partial charge in [0.25, 0.3) is 0 Å². The van der Waals surface area contributed by atoms with Crippen molar-refractivity contribution >= 4 is 11.0 Å². The Balaban J connectivity index is 1.82. The molecular weight excluding hydrogens is 451 g/mol. The second kappa shape index (κ2) is 9.74. The second-order valence-corrected chi connectivity index (χ2v) is 9.39. The van der Waals surface area contributed by atoms with Crippen LogP contribution in [0, 0.1) is 13.8 Å². The van der Waals surface area contributed by atoms with Crippen LogP contribution in [0.2, 0.25) is 0 Å². The van der Waals surface area contributed by atoms with E-state index >= 15 is 0 Å². The molecular formula is C28H30F3N3O. The largest absolute Gasteiger partial charge is 0.489 e. The second-order valence-electron chi connectivity index (χ2n) is 9.39. The number of imidazole rings is 1. The molecule has 1 unspecified atom stereocenters. The van der Waals surface area contributed by atoms with E-state index in [1.807, 2.05) is 64.0 Å². The number of aromatic amines is 1.